The normalized spacial score (nSPS) is 22.0. The van der Waals surface area contributed by atoms with Crippen LogP contribution in [-0.4, -0.2) is 21.5 Å². The molecule has 114 valence electrons. The van der Waals surface area contributed by atoms with E-state index in [1.54, 1.807) is 24.4 Å². The van der Waals surface area contributed by atoms with Crippen LogP contribution in [0.2, 0.25) is 0 Å². The number of nitrogens with one attached hydrogen (secondary N) is 1. The number of carbonyl (C=O) groups is 1. The summed E-state index contributed by atoms with van der Waals surface area (Å²) >= 11 is 0. The van der Waals surface area contributed by atoms with Gasteiger partial charge in [0.25, 0.3) is 0 Å². The van der Waals surface area contributed by atoms with Crippen LogP contribution in [0.3, 0.4) is 0 Å². The van der Waals surface area contributed by atoms with Crippen LogP contribution in [0, 0.1) is 5.82 Å². The number of fused-ring (bicyclic) bond motifs is 1. The molecule has 22 heavy (non-hydrogen) atoms. The topological polar surface area (TPSA) is 46.9 Å². The molecule has 1 saturated carbocycles. The van der Waals surface area contributed by atoms with Crippen molar-refractivity contribution in [2.24, 2.45) is 0 Å². The summed E-state index contributed by atoms with van der Waals surface area (Å²) in [5, 5.41) is 3.12. The van der Waals surface area contributed by atoms with Crippen LogP contribution >= 0.6 is 0 Å². The first-order valence-corrected chi connectivity index (χ1v) is 7.75. The first kappa shape index (κ1) is 13.5. The fourth-order valence-electron chi connectivity index (χ4n) is 3.40. The quantitative estimate of drug-likeness (QED) is 0.944. The summed E-state index contributed by atoms with van der Waals surface area (Å²) in [7, 11) is 0. The summed E-state index contributed by atoms with van der Waals surface area (Å²) in [4.78, 5) is 17.0. The van der Waals surface area contributed by atoms with Gasteiger partial charge in [0.05, 0.1) is 5.41 Å². The van der Waals surface area contributed by atoms with Crippen molar-refractivity contribution in [3.63, 3.8) is 0 Å². The van der Waals surface area contributed by atoms with Gasteiger partial charge in [-0.2, -0.15) is 0 Å². The minimum atomic E-state index is -0.652. The van der Waals surface area contributed by atoms with Gasteiger partial charge in [-0.3, -0.25) is 4.79 Å². The van der Waals surface area contributed by atoms with E-state index in [2.05, 4.69) is 14.9 Å². The van der Waals surface area contributed by atoms with E-state index in [-0.39, 0.29) is 17.8 Å². The molecular weight excluding hydrogens is 281 g/mol. The Kier molecular flexibility index (Phi) is 3.03. The molecule has 0 saturated heterocycles. The molecule has 0 radical (unpaired) electrons. The molecule has 1 amide bonds. The number of benzene rings is 1. The van der Waals surface area contributed by atoms with Gasteiger partial charge in [-0.15, -0.1) is 0 Å². The van der Waals surface area contributed by atoms with E-state index in [1.807, 2.05) is 6.20 Å². The van der Waals surface area contributed by atoms with E-state index in [4.69, 9.17) is 0 Å². The fourth-order valence-corrected chi connectivity index (χ4v) is 3.40. The molecule has 1 aromatic heterocycles. The maximum atomic E-state index is 14.0. The number of nitrogens with zero attached hydrogens (tertiary/aromatic N) is 2. The molecule has 2 heterocycles. The summed E-state index contributed by atoms with van der Waals surface area (Å²) in [5.41, 5.74) is -0.118. The molecule has 5 heteroatoms. The van der Waals surface area contributed by atoms with Gasteiger partial charge in [0.1, 0.15) is 11.6 Å². The lowest BCUT2D eigenvalue weighted by Gasteiger charge is -2.27. The van der Waals surface area contributed by atoms with Crippen molar-refractivity contribution in [2.45, 2.75) is 43.7 Å². The zero-order chi connectivity index (χ0) is 15.2. The number of aryl methyl sites for hydroxylation is 1. The van der Waals surface area contributed by atoms with Gasteiger partial charge in [0, 0.05) is 37.0 Å². The van der Waals surface area contributed by atoms with Crippen molar-refractivity contribution in [3.8, 4) is 0 Å². The predicted octanol–water partition coefficient (Wildman–Crippen LogP) is 2.18. The van der Waals surface area contributed by atoms with E-state index < -0.39 is 5.41 Å². The summed E-state index contributed by atoms with van der Waals surface area (Å²) in [5.74, 6) is 0.752. The Labute approximate surface area is 128 Å². The van der Waals surface area contributed by atoms with Gasteiger partial charge < -0.3 is 9.88 Å². The number of halogens is 1. The van der Waals surface area contributed by atoms with Crippen LogP contribution in [0.4, 0.5) is 4.39 Å². The van der Waals surface area contributed by atoms with Gasteiger partial charge in [0.2, 0.25) is 5.91 Å². The molecule has 1 atom stereocenters. The van der Waals surface area contributed by atoms with Gasteiger partial charge in [-0.25, -0.2) is 9.37 Å². The lowest BCUT2D eigenvalue weighted by molar-refractivity contribution is -0.124. The standard InChI is InChI=1S/C17H18FN3O/c18-14-4-2-1-3-13(14)17(7-8-17)16(22)20-12-5-6-15-19-9-10-21(15)11-12/h1-4,9-10,12H,5-8,11H2,(H,20,22)/t12-/m0/s1. The lowest BCUT2D eigenvalue weighted by atomic mass is 9.93. The van der Waals surface area contributed by atoms with E-state index >= 15 is 0 Å². The molecule has 2 aromatic rings. The molecule has 2 aliphatic rings. The Hall–Kier alpha value is -2.17. The minimum Gasteiger partial charge on any atom is -0.351 e. The van der Waals surface area contributed by atoms with Crippen molar-refractivity contribution in [1.82, 2.24) is 14.9 Å². The van der Waals surface area contributed by atoms with Gasteiger partial charge in [-0.1, -0.05) is 18.2 Å². The van der Waals surface area contributed by atoms with Crippen LogP contribution < -0.4 is 5.32 Å². The SMILES string of the molecule is O=C(N[C@H]1CCc2nccn2C1)C1(c2ccccc2F)CC1. The maximum absolute atomic E-state index is 14.0. The summed E-state index contributed by atoms with van der Waals surface area (Å²) < 4.78 is 16.1. The van der Waals surface area contributed by atoms with Crippen molar-refractivity contribution in [2.75, 3.05) is 0 Å². The average molecular weight is 299 g/mol. The first-order valence-electron chi connectivity index (χ1n) is 7.75. The van der Waals surface area contributed by atoms with Gasteiger partial charge >= 0.3 is 0 Å². The molecule has 4 rings (SSSR count). The first-order chi connectivity index (χ1) is 10.7. The van der Waals surface area contributed by atoms with Gasteiger partial charge in [0.15, 0.2) is 0 Å². The zero-order valence-corrected chi connectivity index (χ0v) is 12.3. The number of carbonyl (C=O) groups excluding carboxylic acids is 1. The van der Waals surface area contributed by atoms with Crippen molar-refractivity contribution in [1.29, 1.82) is 0 Å². The predicted molar refractivity (Wildman–Crippen MR) is 79.8 cm³/mol. The number of rotatable bonds is 3. The zero-order valence-electron chi connectivity index (χ0n) is 12.3. The number of amides is 1. The minimum absolute atomic E-state index is 0.0360. The number of hydrogen-bond acceptors (Lipinski definition) is 2. The summed E-state index contributed by atoms with van der Waals surface area (Å²) in [6, 6.07) is 6.72. The van der Waals surface area contributed by atoms with Crippen LogP contribution in [0.5, 0.6) is 0 Å². The Bertz CT molecular complexity index is 720. The third-order valence-electron chi connectivity index (χ3n) is 4.84. The van der Waals surface area contributed by atoms with Crippen LogP contribution in [0.15, 0.2) is 36.7 Å². The van der Waals surface area contributed by atoms with Crippen molar-refractivity contribution >= 4 is 5.91 Å². The Balaban J connectivity index is 1.50. The molecule has 4 nitrogen and oxygen atoms in total. The highest BCUT2D eigenvalue weighted by Crippen LogP contribution is 2.49. The monoisotopic (exact) mass is 299 g/mol. The Morgan fingerprint density at radius 1 is 1.36 bits per heavy atom. The molecular formula is C17H18FN3O. The Morgan fingerprint density at radius 2 is 2.18 bits per heavy atom. The van der Waals surface area contributed by atoms with E-state index in [1.165, 1.54) is 6.07 Å². The summed E-state index contributed by atoms with van der Waals surface area (Å²) in [6.07, 6.45) is 6.94. The number of hydrogen-bond donors (Lipinski definition) is 1. The molecule has 0 unspecified atom stereocenters. The molecule has 1 aromatic carbocycles. The van der Waals surface area contributed by atoms with E-state index in [0.29, 0.717) is 5.56 Å². The molecule has 1 aliphatic carbocycles. The van der Waals surface area contributed by atoms with Crippen molar-refractivity contribution < 1.29 is 9.18 Å². The van der Waals surface area contributed by atoms with Crippen LogP contribution in [0.25, 0.3) is 0 Å². The average Bonchev–Trinajstić information content (AvgIpc) is 3.19. The highest BCUT2D eigenvalue weighted by molar-refractivity contribution is 5.91. The fraction of sp³-hybridized carbons (Fsp3) is 0.412. The molecule has 0 spiro atoms. The lowest BCUT2D eigenvalue weighted by Crippen LogP contribution is -2.45. The van der Waals surface area contributed by atoms with Crippen LogP contribution in [-0.2, 0) is 23.2 Å². The second-order valence-electron chi connectivity index (χ2n) is 6.27. The number of aromatic nitrogens is 2. The van der Waals surface area contributed by atoms with E-state index in [9.17, 15) is 9.18 Å². The molecule has 1 fully saturated rings. The van der Waals surface area contributed by atoms with Crippen LogP contribution in [0.1, 0.15) is 30.7 Å². The molecule has 1 aliphatic heterocycles. The van der Waals surface area contributed by atoms with Gasteiger partial charge in [-0.05, 0) is 25.3 Å². The Morgan fingerprint density at radius 3 is 2.95 bits per heavy atom. The van der Waals surface area contributed by atoms with Crippen molar-refractivity contribution in [3.05, 3.63) is 53.9 Å². The highest BCUT2D eigenvalue weighted by atomic mass is 19.1. The second-order valence-corrected chi connectivity index (χ2v) is 6.27. The third-order valence-corrected chi connectivity index (χ3v) is 4.84. The second kappa shape index (κ2) is 4.93. The summed E-state index contributed by atoms with van der Waals surface area (Å²) in [6.45, 7) is 0.744. The largest absolute Gasteiger partial charge is 0.351 e. The molecule has 0 bridgehead atoms. The van der Waals surface area contributed by atoms with E-state index in [0.717, 1.165) is 38.1 Å². The smallest absolute Gasteiger partial charge is 0.231 e. The highest BCUT2D eigenvalue weighted by Gasteiger charge is 2.53. The molecule has 1 N–H and O–H groups in total. The number of imidazole rings is 1. The maximum Gasteiger partial charge on any atom is 0.231 e. The third kappa shape index (κ3) is 2.12.